The van der Waals surface area contributed by atoms with Gasteiger partial charge in [0.05, 0.1) is 12.8 Å². The van der Waals surface area contributed by atoms with Crippen LogP contribution in [0.2, 0.25) is 0 Å². The molecule has 2 rings (SSSR count). The molecule has 0 saturated heterocycles. The normalized spacial score (nSPS) is 11.1. The zero-order valence-corrected chi connectivity index (χ0v) is 13.7. The van der Waals surface area contributed by atoms with Gasteiger partial charge in [-0.15, -0.1) is 0 Å². The lowest BCUT2D eigenvalue weighted by Crippen LogP contribution is -2.26. The summed E-state index contributed by atoms with van der Waals surface area (Å²) in [4.78, 5) is 14.0. The Balaban J connectivity index is 2.18. The molecular weight excluding hydrogens is 292 g/mol. The molecule has 0 atom stereocenters. The first kappa shape index (κ1) is 17.2. The molecular formula is C18H24N2O3. The number of nitrogens with zero attached hydrogens (tertiary/aromatic N) is 2. The summed E-state index contributed by atoms with van der Waals surface area (Å²) < 4.78 is 6.99. The molecule has 1 aromatic heterocycles. The van der Waals surface area contributed by atoms with Crippen molar-refractivity contribution in [2.45, 2.75) is 26.6 Å². The van der Waals surface area contributed by atoms with Gasteiger partial charge in [-0.25, -0.2) is 0 Å². The summed E-state index contributed by atoms with van der Waals surface area (Å²) in [6, 6.07) is 11.8. The molecule has 0 amide bonds. The van der Waals surface area contributed by atoms with Crippen LogP contribution in [0.15, 0.2) is 47.4 Å². The fourth-order valence-electron chi connectivity index (χ4n) is 2.49. The van der Waals surface area contributed by atoms with E-state index in [-0.39, 0.29) is 11.2 Å². The third-order valence-electron chi connectivity index (χ3n) is 3.82. The van der Waals surface area contributed by atoms with Gasteiger partial charge in [0.15, 0.2) is 5.75 Å². The van der Waals surface area contributed by atoms with E-state index in [1.54, 1.807) is 7.11 Å². The zero-order valence-electron chi connectivity index (χ0n) is 13.7. The highest BCUT2D eigenvalue weighted by Crippen LogP contribution is 2.11. The summed E-state index contributed by atoms with van der Waals surface area (Å²) in [5, 5.41) is 9.66. The molecule has 1 N–H and O–H groups in total. The molecule has 5 heteroatoms. The molecule has 0 aliphatic rings. The quantitative estimate of drug-likeness (QED) is 0.811. The Labute approximate surface area is 136 Å². The van der Waals surface area contributed by atoms with Crippen LogP contribution in [0.25, 0.3) is 0 Å². The maximum absolute atomic E-state index is 11.8. The van der Waals surface area contributed by atoms with Crippen LogP contribution >= 0.6 is 0 Å². The molecule has 23 heavy (non-hydrogen) atoms. The minimum absolute atomic E-state index is 0.226. The van der Waals surface area contributed by atoms with E-state index in [0.29, 0.717) is 19.7 Å². The molecule has 1 aromatic carbocycles. The number of methoxy groups -OCH3 is 1. The molecule has 0 radical (unpaired) electrons. The second kappa shape index (κ2) is 8.50. The Morgan fingerprint density at radius 2 is 1.96 bits per heavy atom. The van der Waals surface area contributed by atoms with Crippen molar-refractivity contribution in [3.05, 3.63) is 64.1 Å². The van der Waals surface area contributed by atoms with Gasteiger partial charge in [0, 0.05) is 38.5 Å². The molecule has 124 valence electrons. The van der Waals surface area contributed by atoms with Crippen molar-refractivity contribution in [1.82, 2.24) is 9.47 Å². The maximum atomic E-state index is 11.8. The van der Waals surface area contributed by atoms with Gasteiger partial charge in [0.2, 0.25) is 5.43 Å². The number of hydrogen-bond donors (Lipinski definition) is 1. The van der Waals surface area contributed by atoms with Crippen molar-refractivity contribution in [1.29, 1.82) is 0 Å². The molecule has 2 aromatic rings. The first-order chi connectivity index (χ1) is 11.1. The van der Waals surface area contributed by atoms with Crippen molar-refractivity contribution in [3.63, 3.8) is 0 Å². The average Bonchev–Trinajstić information content (AvgIpc) is 2.57. The van der Waals surface area contributed by atoms with Crippen LogP contribution in [-0.2, 0) is 24.4 Å². The van der Waals surface area contributed by atoms with Crippen LogP contribution in [0.5, 0.6) is 5.75 Å². The molecule has 0 bridgehead atoms. The molecule has 0 fully saturated rings. The Hall–Kier alpha value is -2.11. The van der Waals surface area contributed by atoms with E-state index in [0.717, 1.165) is 18.8 Å². The molecule has 1 heterocycles. The van der Waals surface area contributed by atoms with Gasteiger partial charge in [0.1, 0.15) is 0 Å². The summed E-state index contributed by atoms with van der Waals surface area (Å²) in [7, 11) is 1.63. The van der Waals surface area contributed by atoms with Crippen LogP contribution in [0.4, 0.5) is 0 Å². The minimum atomic E-state index is -0.343. The standard InChI is InChI=1S/C18H24N2O3/c1-3-19(12-15-7-5-4-6-8-15)13-16-11-17(21)18(22)14-20(16)9-10-23-2/h4-8,11,14,22H,3,9-10,12-13H2,1-2H3. The van der Waals surface area contributed by atoms with Gasteiger partial charge < -0.3 is 14.4 Å². The first-order valence-electron chi connectivity index (χ1n) is 7.81. The van der Waals surface area contributed by atoms with E-state index >= 15 is 0 Å². The highest BCUT2D eigenvalue weighted by Gasteiger charge is 2.10. The summed E-state index contributed by atoms with van der Waals surface area (Å²) in [5.74, 6) is -0.226. The average molecular weight is 316 g/mol. The largest absolute Gasteiger partial charge is 0.503 e. The van der Waals surface area contributed by atoms with E-state index < -0.39 is 0 Å². The van der Waals surface area contributed by atoms with Crippen molar-refractivity contribution >= 4 is 0 Å². The van der Waals surface area contributed by atoms with Crippen molar-refractivity contribution in [3.8, 4) is 5.75 Å². The number of rotatable bonds is 8. The van der Waals surface area contributed by atoms with Gasteiger partial charge in [0.25, 0.3) is 0 Å². The van der Waals surface area contributed by atoms with Gasteiger partial charge in [-0.3, -0.25) is 9.69 Å². The summed E-state index contributed by atoms with van der Waals surface area (Å²) in [6.07, 6.45) is 1.49. The Bertz CT molecular complexity index is 668. The Morgan fingerprint density at radius 1 is 1.22 bits per heavy atom. The van der Waals surface area contributed by atoms with Crippen LogP contribution in [0, 0.1) is 0 Å². The van der Waals surface area contributed by atoms with Crippen molar-refractivity contribution in [2.24, 2.45) is 0 Å². The van der Waals surface area contributed by atoms with Crippen LogP contribution in [-0.4, -0.2) is 34.8 Å². The molecule has 0 spiro atoms. The van der Waals surface area contributed by atoms with Crippen molar-refractivity contribution in [2.75, 3.05) is 20.3 Å². The predicted molar refractivity (Wildman–Crippen MR) is 90.5 cm³/mol. The van der Waals surface area contributed by atoms with Gasteiger partial charge in [-0.05, 0) is 12.1 Å². The van der Waals surface area contributed by atoms with E-state index in [4.69, 9.17) is 4.74 Å². The molecule has 0 aliphatic heterocycles. The first-order valence-corrected chi connectivity index (χ1v) is 7.81. The lowest BCUT2D eigenvalue weighted by atomic mass is 10.2. The van der Waals surface area contributed by atoms with Crippen LogP contribution in [0.3, 0.4) is 0 Å². The number of aromatic nitrogens is 1. The monoisotopic (exact) mass is 316 g/mol. The number of benzene rings is 1. The minimum Gasteiger partial charge on any atom is -0.503 e. The zero-order chi connectivity index (χ0) is 16.7. The molecule has 0 aliphatic carbocycles. The highest BCUT2D eigenvalue weighted by atomic mass is 16.5. The number of hydrogen-bond acceptors (Lipinski definition) is 4. The van der Waals surface area contributed by atoms with E-state index in [2.05, 4.69) is 24.0 Å². The van der Waals surface area contributed by atoms with Gasteiger partial charge in [-0.2, -0.15) is 0 Å². The summed E-state index contributed by atoms with van der Waals surface area (Å²) >= 11 is 0. The third kappa shape index (κ3) is 4.94. The van der Waals surface area contributed by atoms with Gasteiger partial charge >= 0.3 is 0 Å². The van der Waals surface area contributed by atoms with Crippen molar-refractivity contribution < 1.29 is 9.84 Å². The van der Waals surface area contributed by atoms with Gasteiger partial charge in [-0.1, -0.05) is 37.3 Å². The van der Waals surface area contributed by atoms with Crippen LogP contribution in [0.1, 0.15) is 18.2 Å². The van der Waals surface area contributed by atoms with E-state index in [1.807, 2.05) is 22.8 Å². The van der Waals surface area contributed by atoms with E-state index in [1.165, 1.54) is 17.8 Å². The SMILES string of the molecule is CCN(Cc1ccccc1)Cc1cc(=O)c(O)cn1CCOC. The summed E-state index contributed by atoms with van der Waals surface area (Å²) in [6.45, 7) is 5.55. The smallest absolute Gasteiger partial charge is 0.223 e. The highest BCUT2D eigenvalue weighted by molar-refractivity contribution is 5.21. The fraction of sp³-hybridized carbons (Fsp3) is 0.389. The topological polar surface area (TPSA) is 54.7 Å². The number of ether oxygens (including phenoxy) is 1. The second-order valence-corrected chi connectivity index (χ2v) is 5.49. The molecule has 0 saturated carbocycles. The Morgan fingerprint density at radius 3 is 2.61 bits per heavy atom. The lowest BCUT2D eigenvalue weighted by Gasteiger charge is -2.23. The summed E-state index contributed by atoms with van der Waals surface area (Å²) in [5.41, 5.74) is 1.77. The molecule has 0 unspecified atom stereocenters. The molecule has 5 nitrogen and oxygen atoms in total. The van der Waals surface area contributed by atoms with E-state index in [9.17, 15) is 9.90 Å². The maximum Gasteiger partial charge on any atom is 0.223 e. The predicted octanol–water partition coefficient (Wildman–Crippen LogP) is 2.22. The number of aromatic hydroxyl groups is 1. The number of pyridine rings is 1. The van der Waals surface area contributed by atoms with Crippen LogP contribution < -0.4 is 5.43 Å². The fourth-order valence-corrected chi connectivity index (χ4v) is 2.49. The lowest BCUT2D eigenvalue weighted by molar-refractivity contribution is 0.183. The third-order valence-corrected chi connectivity index (χ3v) is 3.82. The Kier molecular flexibility index (Phi) is 6.38. The second-order valence-electron chi connectivity index (χ2n) is 5.49.